The maximum atomic E-state index is 13.3. The largest absolute Gasteiger partial charge is 0.326 e. The fourth-order valence-electron chi connectivity index (χ4n) is 3.39. The Morgan fingerprint density at radius 1 is 0.931 bits per heavy atom. The highest BCUT2D eigenvalue weighted by Crippen LogP contribution is 2.21. The Bertz CT molecular complexity index is 909. The van der Waals surface area contributed by atoms with Crippen LogP contribution in [0.2, 0.25) is 0 Å². The number of anilines is 2. The lowest BCUT2D eigenvalue weighted by Crippen LogP contribution is -2.41. The first-order valence-electron chi connectivity index (χ1n) is 9.67. The first-order chi connectivity index (χ1) is 13.8. The summed E-state index contributed by atoms with van der Waals surface area (Å²) in [5.41, 5.74) is 3.31. The van der Waals surface area contributed by atoms with Crippen molar-refractivity contribution < 1.29 is 18.4 Å². The number of piperidine rings is 1. The van der Waals surface area contributed by atoms with Crippen molar-refractivity contribution >= 4 is 23.2 Å². The predicted molar refractivity (Wildman–Crippen MR) is 109 cm³/mol. The molecule has 7 heteroatoms. The van der Waals surface area contributed by atoms with Crippen LogP contribution in [-0.4, -0.2) is 36.3 Å². The van der Waals surface area contributed by atoms with E-state index in [1.807, 2.05) is 36.9 Å². The molecule has 154 valence electrons. The molecule has 0 aromatic heterocycles. The van der Waals surface area contributed by atoms with Crippen molar-refractivity contribution in [3.63, 3.8) is 0 Å². The van der Waals surface area contributed by atoms with Gasteiger partial charge in [0.2, 0.25) is 11.8 Å². The molecule has 1 heterocycles. The van der Waals surface area contributed by atoms with Crippen LogP contribution in [0.3, 0.4) is 0 Å². The van der Waals surface area contributed by atoms with Crippen molar-refractivity contribution in [2.45, 2.75) is 26.7 Å². The van der Waals surface area contributed by atoms with E-state index < -0.39 is 11.6 Å². The first-order valence-corrected chi connectivity index (χ1v) is 9.67. The van der Waals surface area contributed by atoms with E-state index in [9.17, 15) is 18.4 Å². The van der Waals surface area contributed by atoms with Crippen LogP contribution < -0.4 is 10.6 Å². The summed E-state index contributed by atoms with van der Waals surface area (Å²) >= 11 is 0. The summed E-state index contributed by atoms with van der Waals surface area (Å²) in [7, 11) is 0. The second-order valence-corrected chi connectivity index (χ2v) is 7.52. The zero-order chi connectivity index (χ0) is 21.0. The Labute approximate surface area is 169 Å². The third-order valence-electron chi connectivity index (χ3n) is 5.30. The Balaban J connectivity index is 1.45. The number of benzene rings is 2. The number of hydrogen-bond acceptors (Lipinski definition) is 3. The molecule has 5 nitrogen and oxygen atoms in total. The van der Waals surface area contributed by atoms with E-state index in [1.54, 1.807) is 0 Å². The van der Waals surface area contributed by atoms with Crippen molar-refractivity contribution in [2.24, 2.45) is 5.92 Å². The molecule has 0 spiro atoms. The van der Waals surface area contributed by atoms with Gasteiger partial charge in [0, 0.05) is 23.4 Å². The number of rotatable bonds is 5. The van der Waals surface area contributed by atoms with Crippen molar-refractivity contribution in [1.29, 1.82) is 0 Å². The van der Waals surface area contributed by atoms with Gasteiger partial charge in [0.15, 0.2) is 11.6 Å². The molecule has 1 saturated heterocycles. The third kappa shape index (κ3) is 5.60. The predicted octanol–water partition coefficient (Wildman–Crippen LogP) is 3.87. The monoisotopic (exact) mass is 401 g/mol. The highest BCUT2D eigenvalue weighted by Gasteiger charge is 2.26. The summed E-state index contributed by atoms with van der Waals surface area (Å²) in [4.78, 5) is 26.7. The first kappa shape index (κ1) is 20.9. The van der Waals surface area contributed by atoms with Gasteiger partial charge >= 0.3 is 0 Å². The van der Waals surface area contributed by atoms with Crippen molar-refractivity contribution in [1.82, 2.24) is 4.90 Å². The zero-order valence-corrected chi connectivity index (χ0v) is 16.6. The Morgan fingerprint density at radius 3 is 2.24 bits per heavy atom. The number of carbonyl (C=O) groups is 2. The number of nitrogens with zero attached hydrogens (tertiary/aromatic N) is 1. The smallest absolute Gasteiger partial charge is 0.238 e. The van der Waals surface area contributed by atoms with E-state index in [2.05, 4.69) is 10.6 Å². The highest BCUT2D eigenvalue weighted by molar-refractivity contribution is 5.93. The topological polar surface area (TPSA) is 61.4 Å². The highest BCUT2D eigenvalue weighted by atomic mass is 19.2. The number of halogens is 2. The molecular formula is C22H25F2N3O2. The van der Waals surface area contributed by atoms with Crippen molar-refractivity contribution in [2.75, 3.05) is 30.3 Å². The van der Waals surface area contributed by atoms with Gasteiger partial charge in [-0.2, -0.15) is 0 Å². The van der Waals surface area contributed by atoms with Crippen molar-refractivity contribution in [3.8, 4) is 0 Å². The van der Waals surface area contributed by atoms with Crippen LogP contribution in [0, 0.1) is 31.4 Å². The van der Waals surface area contributed by atoms with E-state index in [0.29, 0.717) is 25.9 Å². The summed E-state index contributed by atoms with van der Waals surface area (Å²) in [6.07, 6.45) is 1.21. The van der Waals surface area contributed by atoms with Gasteiger partial charge in [0.25, 0.3) is 0 Å². The molecule has 2 aromatic rings. The van der Waals surface area contributed by atoms with E-state index in [1.165, 1.54) is 11.6 Å². The molecule has 1 fully saturated rings. The standard InChI is InChI=1S/C22H25F2N3O2/c1-14-3-4-17(11-15(14)2)25-21(28)13-27-9-7-16(8-10-27)22(29)26-18-5-6-19(23)20(24)12-18/h3-6,11-12,16H,7-10,13H2,1-2H3,(H,25,28)(H,26,29). The summed E-state index contributed by atoms with van der Waals surface area (Å²) in [6, 6.07) is 9.10. The van der Waals surface area contributed by atoms with Gasteiger partial charge in [-0.25, -0.2) is 8.78 Å². The van der Waals surface area contributed by atoms with E-state index in [-0.39, 0.29) is 30.0 Å². The van der Waals surface area contributed by atoms with E-state index in [0.717, 1.165) is 23.4 Å². The van der Waals surface area contributed by atoms with Crippen LogP contribution >= 0.6 is 0 Å². The number of amides is 2. The summed E-state index contributed by atoms with van der Waals surface area (Å²) in [5.74, 6) is -2.46. The number of nitrogens with one attached hydrogen (secondary N) is 2. The maximum Gasteiger partial charge on any atom is 0.238 e. The van der Waals surface area contributed by atoms with Crippen LogP contribution in [0.15, 0.2) is 36.4 Å². The van der Waals surface area contributed by atoms with Crippen LogP contribution in [0.5, 0.6) is 0 Å². The SMILES string of the molecule is Cc1ccc(NC(=O)CN2CCC(C(=O)Nc3ccc(F)c(F)c3)CC2)cc1C. The average molecular weight is 401 g/mol. The Morgan fingerprint density at radius 2 is 1.59 bits per heavy atom. The van der Waals surface area contributed by atoms with Gasteiger partial charge in [-0.15, -0.1) is 0 Å². The van der Waals surface area contributed by atoms with Crippen LogP contribution in [-0.2, 0) is 9.59 Å². The number of hydrogen-bond donors (Lipinski definition) is 2. The van der Waals surface area contributed by atoms with E-state index >= 15 is 0 Å². The molecule has 0 radical (unpaired) electrons. The summed E-state index contributed by atoms with van der Waals surface area (Å²) in [6.45, 7) is 5.53. The molecule has 0 unspecified atom stereocenters. The fraction of sp³-hybridized carbons (Fsp3) is 0.364. The van der Waals surface area contributed by atoms with Gasteiger partial charge in [0.05, 0.1) is 6.54 Å². The molecule has 2 amide bonds. The number of carbonyl (C=O) groups excluding carboxylic acids is 2. The average Bonchev–Trinajstić information content (AvgIpc) is 2.68. The van der Waals surface area contributed by atoms with Crippen LogP contribution in [0.1, 0.15) is 24.0 Å². The molecule has 3 rings (SSSR count). The molecule has 2 N–H and O–H groups in total. The summed E-state index contributed by atoms with van der Waals surface area (Å²) < 4.78 is 26.3. The minimum Gasteiger partial charge on any atom is -0.326 e. The molecule has 1 aliphatic rings. The molecule has 0 saturated carbocycles. The normalized spacial score (nSPS) is 15.2. The Kier molecular flexibility index (Phi) is 6.59. The fourth-order valence-corrected chi connectivity index (χ4v) is 3.39. The van der Waals surface area contributed by atoms with Crippen LogP contribution in [0.4, 0.5) is 20.2 Å². The van der Waals surface area contributed by atoms with Gasteiger partial charge < -0.3 is 10.6 Å². The Hall–Kier alpha value is -2.80. The lowest BCUT2D eigenvalue weighted by atomic mass is 9.95. The van der Waals surface area contributed by atoms with Gasteiger partial charge in [-0.1, -0.05) is 6.07 Å². The van der Waals surface area contributed by atoms with Gasteiger partial charge in [-0.3, -0.25) is 14.5 Å². The maximum absolute atomic E-state index is 13.3. The minimum absolute atomic E-state index is 0.0852. The van der Waals surface area contributed by atoms with Gasteiger partial charge in [-0.05, 0) is 75.2 Å². The number of aryl methyl sites for hydroxylation is 2. The minimum atomic E-state index is -0.993. The quantitative estimate of drug-likeness (QED) is 0.800. The van der Waals surface area contributed by atoms with E-state index in [4.69, 9.17) is 0 Å². The van der Waals surface area contributed by atoms with Gasteiger partial charge in [0.1, 0.15) is 0 Å². The molecule has 29 heavy (non-hydrogen) atoms. The second-order valence-electron chi connectivity index (χ2n) is 7.52. The molecular weight excluding hydrogens is 376 g/mol. The third-order valence-corrected chi connectivity index (χ3v) is 5.30. The molecule has 0 atom stereocenters. The zero-order valence-electron chi connectivity index (χ0n) is 16.6. The summed E-state index contributed by atoms with van der Waals surface area (Å²) in [5, 5.41) is 5.54. The lowest BCUT2D eigenvalue weighted by Gasteiger charge is -2.30. The molecule has 1 aliphatic heterocycles. The van der Waals surface area contributed by atoms with Crippen LogP contribution in [0.25, 0.3) is 0 Å². The second kappa shape index (κ2) is 9.13. The molecule has 2 aromatic carbocycles. The molecule has 0 bridgehead atoms. The lowest BCUT2D eigenvalue weighted by molar-refractivity contribution is -0.121. The number of likely N-dealkylation sites (tertiary alicyclic amines) is 1. The molecule has 0 aliphatic carbocycles. The van der Waals surface area contributed by atoms with Crippen molar-refractivity contribution in [3.05, 3.63) is 59.2 Å².